The Morgan fingerprint density at radius 3 is 2.70 bits per heavy atom. The van der Waals surface area contributed by atoms with Crippen LogP contribution in [-0.2, 0) is 6.54 Å². The fourth-order valence-electron chi connectivity index (χ4n) is 3.13. The Morgan fingerprint density at radius 1 is 1.26 bits per heavy atom. The molecule has 23 heavy (non-hydrogen) atoms. The minimum absolute atomic E-state index is 0.697. The van der Waals surface area contributed by atoms with E-state index in [2.05, 4.69) is 33.6 Å². The fourth-order valence-corrected chi connectivity index (χ4v) is 3.13. The topological polar surface area (TPSA) is 48.9 Å². The number of aliphatic imine (C=N–C) groups is 1. The third kappa shape index (κ3) is 5.43. The van der Waals surface area contributed by atoms with Crippen molar-refractivity contribution in [1.82, 2.24) is 15.5 Å². The molecule has 2 N–H and O–H groups in total. The molecule has 0 aliphatic heterocycles. The molecular weight excluding hydrogens is 288 g/mol. The smallest absolute Gasteiger partial charge is 0.191 e. The highest BCUT2D eigenvalue weighted by Gasteiger charge is 2.18. The normalized spacial score (nSPS) is 15.9. The van der Waals surface area contributed by atoms with Gasteiger partial charge in [-0.15, -0.1) is 0 Å². The van der Waals surface area contributed by atoms with Gasteiger partial charge in [-0.2, -0.15) is 0 Å². The molecule has 0 aromatic heterocycles. The standard InChI is InChI=1S/C18H30N4O/c1-19-18(20-12-13-22(2)16-9-5-6-10-16)21-14-15-8-4-7-11-17(15)23-3/h4,7-8,11,16H,5-6,9-10,12-14H2,1-3H3,(H2,19,20,21). The largest absolute Gasteiger partial charge is 0.496 e. The second-order valence-electron chi connectivity index (χ2n) is 6.08. The minimum Gasteiger partial charge on any atom is -0.496 e. The number of ether oxygens (including phenoxy) is 1. The second-order valence-corrected chi connectivity index (χ2v) is 6.08. The average molecular weight is 318 g/mol. The number of rotatable bonds is 7. The summed E-state index contributed by atoms with van der Waals surface area (Å²) in [5.41, 5.74) is 1.13. The minimum atomic E-state index is 0.697. The summed E-state index contributed by atoms with van der Waals surface area (Å²) in [6.45, 7) is 2.64. The lowest BCUT2D eigenvalue weighted by molar-refractivity contribution is 0.249. The van der Waals surface area contributed by atoms with E-state index in [9.17, 15) is 0 Å². The highest BCUT2D eigenvalue weighted by atomic mass is 16.5. The lowest BCUT2D eigenvalue weighted by Crippen LogP contribution is -2.42. The van der Waals surface area contributed by atoms with Gasteiger partial charge in [0.2, 0.25) is 0 Å². The molecule has 128 valence electrons. The van der Waals surface area contributed by atoms with E-state index >= 15 is 0 Å². The zero-order valence-corrected chi connectivity index (χ0v) is 14.6. The van der Waals surface area contributed by atoms with E-state index in [4.69, 9.17) is 4.74 Å². The van der Waals surface area contributed by atoms with Crippen LogP contribution in [0, 0.1) is 0 Å². The van der Waals surface area contributed by atoms with E-state index in [1.165, 1.54) is 25.7 Å². The van der Waals surface area contributed by atoms with Crippen molar-refractivity contribution in [2.24, 2.45) is 4.99 Å². The molecule has 1 aromatic carbocycles. The van der Waals surface area contributed by atoms with Gasteiger partial charge in [-0.05, 0) is 26.0 Å². The summed E-state index contributed by atoms with van der Waals surface area (Å²) in [5, 5.41) is 6.73. The molecule has 5 nitrogen and oxygen atoms in total. The van der Waals surface area contributed by atoms with Crippen LogP contribution in [0.5, 0.6) is 5.75 Å². The first-order valence-corrected chi connectivity index (χ1v) is 8.51. The van der Waals surface area contributed by atoms with Crippen LogP contribution in [0.3, 0.4) is 0 Å². The first kappa shape index (κ1) is 17.6. The summed E-state index contributed by atoms with van der Waals surface area (Å²) in [5.74, 6) is 1.73. The van der Waals surface area contributed by atoms with Crippen molar-refractivity contribution in [2.45, 2.75) is 38.3 Å². The molecule has 0 bridgehead atoms. The molecule has 5 heteroatoms. The number of methoxy groups -OCH3 is 1. The molecular formula is C18H30N4O. The van der Waals surface area contributed by atoms with Crippen molar-refractivity contribution in [3.8, 4) is 5.75 Å². The number of nitrogens with zero attached hydrogens (tertiary/aromatic N) is 2. The van der Waals surface area contributed by atoms with Gasteiger partial charge in [-0.25, -0.2) is 0 Å². The molecule has 1 fully saturated rings. The molecule has 1 aromatic rings. The van der Waals surface area contributed by atoms with Crippen LogP contribution in [0.15, 0.2) is 29.3 Å². The average Bonchev–Trinajstić information content (AvgIpc) is 3.12. The molecule has 1 aliphatic carbocycles. The molecule has 0 radical (unpaired) electrons. The van der Waals surface area contributed by atoms with Gasteiger partial charge in [-0.3, -0.25) is 4.99 Å². The Balaban J connectivity index is 1.73. The number of para-hydroxylation sites is 1. The first-order chi connectivity index (χ1) is 11.2. The van der Waals surface area contributed by atoms with Crippen molar-refractivity contribution in [3.05, 3.63) is 29.8 Å². The van der Waals surface area contributed by atoms with Gasteiger partial charge in [0.15, 0.2) is 5.96 Å². The van der Waals surface area contributed by atoms with Crippen LogP contribution >= 0.6 is 0 Å². The zero-order chi connectivity index (χ0) is 16.5. The Labute approximate surface area is 140 Å². The van der Waals surface area contributed by atoms with Gasteiger partial charge < -0.3 is 20.3 Å². The van der Waals surface area contributed by atoms with Crippen LogP contribution in [0.4, 0.5) is 0 Å². The maximum atomic E-state index is 5.37. The van der Waals surface area contributed by atoms with Crippen molar-refractivity contribution >= 4 is 5.96 Å². The second kappa shape index (κ2) is 9.40. The summed E-state index contributed by atoms with van der Waals surface area (Å²) in [6, 6.07) is 8.80. The van der Waals surface area contributed by atoms with Gasteiger partial charge in [0.05, 0.1) is 7.11 Å². The number of benzene rings is 1. The molecule has 2 rings (SSSR count). The molecule has 0 amide bonds. The van der Waals surface area contributed by atoms with Crippen LogP contribution in [0.25, 0.3) is 0 Å². The SMILES string of the molecule is CN=C(NCCN(C)C1CCCC1)NCc1ccccc1OC. The predicted molar refractivity (Wildman–Crippen MR) is 96.1 cm³/mol. The Morgan fingerprint density at radius 2 is 2.00 bits per heavy atom. The van der Waals surface area contributed by atoms with Crippen molar-refractivity contribution in [1.29, 1.82) is 0 Å². The van der Waals surface area contributed by atoms with Crippen molar-refractivity contribution in [2.75, 3.05) is 34.3 Å². The summed E-state index contributed by atoms with van der Waals surface area (Å²) < 4.78 is 5.37. The number of hydrogen-bond acceptors (Lipinski definition) is 3. The molecule has 0 heterocycles. The quantitative estimate of drug-likeness (QED) is 0.598. The van der Waals surface area contributed by atoms with Crippen LogP contribution in [0.2, 0.25) is 0 Å². The summed E-state index contributed by atoms with van der Waals surface area (Å²) >= 11 is 0. The van der Waals surface area contributed by atoms with E-state index in [1.54, 1.807) is 14.2 Å². The summed E-state index contributed by atoms with van der Waals surface area (Å²) in [7, 11) is 5.73. The maximum absolute atomic E-state index is 5.37. The Kier molecular flexibility index (Phi) is 7.20. The summed E-state index contributed by atoms with van der Waals surface area (Å²) in [6.07, 6.45) is 5.45. The number of hydrogen-bond donors (Lipinski definition) is 2. The van der Waals surface area contributed by atoms with E-state index in [-0.39, 0.29) is 0 Å². The van der Waals surface area contributed by atoms with Crippen molar-refractivity contribution in [3.63, 3.8) is 0 Å². The van der Waals surface area contributed by atoms with E-state index in [1.807, 2.05) is 18.2 Å². The van der Waals surface area contributed by atoms with Gasteiger partial charge in [-0.1, -0.05) is 31.0 Å². The summed E-state index contributed by atoms with van der Waals surface area (Å²) in [4.78, 5) is 6.75. The first-order valence-electron chi connectivity index (χ1n) is 8.51. The van der Waals surface area contributed by atoms with Gasteiger partial charge in [0, 0.05) is 38.3 Å². The van der Waals surface area contributed by atoms with E-state index in [0.29, 0.717) is 6.54 Å². The lowest BCUT2D eigenvalue weighted by Gasteiger charge is -2.24. The number of likely N-dealkylation sites (N-methyl/N-ethyl adjacent to an activating group) is 1. The molecule has 0 unspecified atom stereocenters. The van der Waals surface area contributed by atoms with Crippen LogP contribution in [-0.4, -0.2) is 51.2 Å². The fraction of sp³-hybridized carbons (Fsp3) is 0.611. The third-order valence-electron chi connectivity index (χ3n) is 4.57. The number of nitrogens with one attached hydrogen (secondary N) is 2. The zero-order valence-electron chi connectivity index (χ0n) is 14.6. The van der Waals surface area contributed by atoms with Crippen LogP contribution in [0.1, 0.15) is 31.2 Å². The van der Waals surface area contributed by atoms with Gasteiger partial charge in [0.25, 0.3) is 0 Å². The van der Waals surface area contributed by atoms with E-state index < -0.39 is 0 Å². The lowest BCUT2D eigenvalue weighted by atomic mass is 10.2. The Bertz CT molecular complexity index is 498. The van der Waals surface area contributed by atoms with Crippen LogP contribution < -0.4 is 15.4 Å². The molecule has 0 spiro atoms. The maximum Gasteiger partial charge on any atom is 0.191 e. The predicted octanol–water partition coefficient (Wildman–Crippen LogP) is 2.23. The van der Waals surface area contributed by atoms with E-state index in [0.717, 1.165) is 36.4 Å². The van der Waals surface area contributed by atoms with Gasteiger partial charge >= 0.3 is 0 Å². The monoisotopic (exact) mass is 318 g/mol. The van der Waals surface area contributed by atoms with Gasteiger partial charge in [0.1, 0.15) is 5.75 Å². The molecule has 1 saturated carbocycles. The third-order valence-corrected chi connectivity index (χ3v) is 4.57. The molecule has 0 saturated heterocycles. The molecule has 1 aliphatic rings. The highest BCUT2D eigenvalue weighted by molar-refractivity contribution is 5.79. The molecule has 0 atom stereocenters. The highest BCUT2D eigenvalue weighted by Crippen LogP contribution is 2.21. The number of guanidine groups is 1. The van der Waals surface area contributed by atoms with Crippen molar-refractivity contribution < 1.29 is 4.74 Å². The Hall–Kier alpha value is -1.75.